The Morgan fingerprint density at radius 1 is 0.655 bits per heavy atom. The van der Waals surface area contributed by atoms with E-state index in [1.165, 1.54) is 0 Å². The molecule has 0 radical (unpaired) electrons. The van der Waals surface area contributed by atoms with Crippen LogP contribution < -0.4 is 0 Å². The SMILES string of the molecule is CC(C)CC(=O)C(C)C.CC(C)CC(=O)CC(C)C.CC(C)CC(C)(C)C(=O)O. The molecule has 0 fully saturated rings. The van der Waals surface area contributed by atoms with Crippen LogP contribution in [0.25, 0.3) is 0 Å². The fraction of sp³-hybridized carbons (Fsp3) is 0.880. The maximum absolute atomic E-state index is 11.1. The average molecular weight is 415 g/mol. The van der Waals surface area contributed by atoms with Gasteiger partial charge >= 0.3 is 5.97 Å². The second-order valence-corrected chi connectivity index (χ2v) is 10.7. The van der Waals surface area contributed by atoms with Crippen molar-refractivity contribution in [2.24, 2.45) is 35.0 Å². The molecule has 0 rings (SSSR count). The van der Waals surface area contributed by atoms with Crippen LogP contribution in [0, 0.1) is 35.0 Å². The van der Waals surface area contributed by atoms with Crippen molar-refractivity contribution in [1.82, 2.24) is 0 Å². The van der Waals surface area contributed by atoms with Crippen LogP contribution in [0.3, 0.4) is 0 Å². The summed E-state index contributed by atoms with van der Waals surface area (Å²) in [4.78, 5) is 32.6. The highest BCUT2D eigenvalue weighted by atomic mass is 16.4. The summed E-state index contributed by atoms with van der Waals surface area (Å²) in [7, 11) is 0. The highest BCUT2D eigenvalue weighted by Crippen LogP contribution is 2.24. The number of aliphatic carboxylic acids is 1. The van der Waals surface area contributed by atoms with Crippen LogP contribution in [0.4, 0.5) is 0 Å². The predicted octanol–water partition coefficient (Wildman–Crippen LogP) is 7.05. The molecule has 0 aliphatic carbocycles. The van der Waals surface area contributed by atoms with Gasteiger partial charge in [-0.1, -0.05) is 69.2 Å². The van der Waals surface area contributed by atoms with Gasteiger partial charge in [0, 0.05) is 25.2 Å². The Morgan fingerprint density at radius 2 is 1.00 bits per heavy atom. The number of carboxylic acid groups (broad SMARTS) is 1. The molecule has 0 saturated heterocycles. The van der Waals surface area contributed by atoms with Crippen LogP contribution in [0.15, 0.2) is 0 Å². The number of carboxylic acids is 1. The molecule has 4 nitrogen and oxygen atoms in total. The summed E-state index contributed by atoms with van der Waals surface area (Å²) in [6.07, 6.45) is 2.97. The number of rotatable bonds is 10. The van der Waals surface area contributed by atoms with Crippen LogP contribution in [0.2, 0.25) is 0 Å². The van der Waals surface area contributed by atoms with E-state index in [1.807, 2.05) is 27.7 Å². The first kappa shape index (κ1) is 32.5. The molecule has 0 spiro atoms. The maximum atomic E-state index is 11.1. The largest absolute Gasteiger partial charge is 0.481 e. The molecule has 0 heterocycles. The molecule has 0 saturated carbocycles. The van der Waals surface area contributed by atoms with Crippen LogP contribution in [0.1, 0.15) is 109 Å². The van der Waals surface area contributed by atoms with Gasteiger partial charge in [0.1, 0.15) is 11.6 Å². The molecule has 0 bridgehead atoms. The van der Waals surface area contributed by atoms with E-state index < -0.39 is 11.4 Å². The molecule has 0 atom stereocenters. The third-order valence-electron chi connectivity index (χ3n) is 4.02. The summed E-state index contributed by atoms with van der Waals surface area (Å²) in [5, 5.41) is 8.69. The molecule has 0 aliphatic heterocycles. The lowest BCUT2D eigenvalue weighted by Crippen LogP contribution is -2.25. The molecule has 4 heteroatoms. The fourth-order valence-electron chi connectivity index (χ4n) is 2.74. The van der Waals surface area contributed by atoms with Gasteiger partial charge in [-0.15, -0.1) is 0 Å². The molecule has 0 amide bonds. The molecule has 0 aliphatic rings. The molecule has 0 unspecified atom stereocenters. The summed E-state index contributed by atoms with van der Waals surface area (Å²) >= 11 is 0. The number of hydrogen-bond acceptors (Lipinski definition) is 3. The Balaban J connectivity index is -0.000000350. The van der Waals surface area contributed by atoms with Crippen molar-refractivity contribution in [3.05, 3.63) is 0 Å². The van der Waals surface area contributed by atoms with E-state index in [2.05, 4.69) is 41.5 Å². The molecular formula is C25H50O4. The third kappa shape index (κ3) is 24.8. The molecule has 0 aromatic carbocycles. The van der Waals surface area contributed by atoms with Gasteiger partial charge in [0.2, 0.25) is 0 Å². The molecule has 0 aromatic rings. The minimum atomic E-state index is -0.707. The number of ketones is 2. The first-order valence-corrected chi connectivity index (χ1v) is 11.2. The summed E-state index contributed by atoms with van der Waals surface area (Å²) in [6, 6.07) is 0. The van der Waals surface area contributed by atoms with Crippen LogP contribution in [0.5, 0.6) is 0 Å². The third-order valence-corrected chi connectivity index (χ3v) is 4.02. The minimum absolute atomic E-state index is 0.215. The first-order chi connectivity index (χ1) is 12.9. The van der Waals surface area contributed by atoms with Crippen molar-refractivity contribution in [3.8, 4) is 0 Å². The van der Waals surface area contributed by atoms with Crippen LogP contribution in [-0.2, 0) is 14.4 Å². The van der Waals surface area contributed by atoms with Crippen molar-refractivity contribution in [3.63, 3.8) is 0 Å². The molecule has 174 valence electrons. The van der Waals surface area contributed by atoms with Crippen LogP contribution >= 0.6 is 0 Å². The van der Waals surface area contributed by atoms with Crippen molar-refractivity contribution < 1.29 is 19.5 Å². The lowest BCUT2D eigenvalue weighted by molar-refractivity contribution is -0.147. The van der Waals surface area contributed by atoms with Gasteiger partial charge in [0.25, 0.3) is 0 Å². The topological polar surface area (TPSA) is 71.4 Å². The van der Waals surface area contributed by atoms with E-state index in [9.17, 15) is 14.4 Å². The number of Topliss-reactive ketones (excluding diaryl/α,β-unsaturated/α-hetero) is 2. The fourth-order valence-corrected chi connectivity index (χ4v) is 2.74. The first-order valence-electron chi connectivity index (χ1n) is 11.2. The summed E-state index contributed by atoms with van der Waals surface area (Å²) < 4.78 is 0. The van der Waals surface area contributed by atoms with Crippen LogP contribution in [-0.4, -0.2) is 22.6 Å². The standard InChI is InChI=1S/C9H18O.C8H16O2.C8H16O/c1-7(2)5-9(10)6-8(3)4;1-6(2)5-8(3,4)7(9)10;1-6(2)5-8(9)7(3)4/h7-8H,5-6H2,1-4H3;6H,5H2,1-4H3,(H,9,10);6-7H,5H2,1-4H3. The van der Waals surface area contributed by atoms with Crippen molar-refractivity contribution in [1.29, 1.82) is 0 Å². The molecule has 1 N–H and O–H groups in total. The van der Waals surface area contributed by atoms with Gasteiger partial charge in [0.15, 0.2) is 0 Å². The van der Waals surface area contributed by atoms with Gasteiger partial charge < -0.3 is 5.11 Å². The van der Waals surface area contributed by atoms with E-state index in [1.54, 1.807) is 13.8 Å². The normalized spacial score (nSPS) is 11.3. The average Bonchev–Trinajstić information content (AvgIpc) is 2.44. The Bertz CT molecular complexity index is 445. The summed E-state index contributed by atoms with van der Waals surface area (Å²) in [5.41, 5.74) is -0.561. The second-order valence-electron chi connectivity index (χ2n) is 10.7. The zero-order valence-electron chi connectivity index (χ0n) is 21.4. The Hall–Kier alpha value is -1.19. The number of carbonyl (C=O) groups excluding carboxylic acids is 2. The van der Waals surface area contributed by atoms with E-state index >= 15 is 0 Å². The van der Waals surface area contributed by atoms with Gasteiger partial charge in [-0.05, 0) is 43.9 Å². The molecular weight excluding hydrogens is 364 g/mol. The van der Waals surface area contributed by atoms with E-state index in [0.29, 0.717) is 35.2 Å². The van der Waals surface area contributed by atoms with Crippen molar-refractivity contribution >= 4 is 17.5 Å². The smallest absolute Gasteiger partial charge is 0.309 e. The lowest BCUT2D eigenvalue weighted by atomic mass is 9.84. The van der Waals surface area contributed by atoms with E-state index in [0.717, 1.165) is 25.7 Å². The molecule has 0 aromatic heterocycles. The summed E-state index contributed by atoms with van der Waals surface area (Å²) in [6.45, 7) is 23.9. The Kier molecular flexibility index (Phi) is 18.6. The number of hydrogen-bond donors (Lipinski definition) is 1. The van der Waals surface area contributed by atoms with Gasteiger partial charge in [-0.25, -0.2) is 0 Å². The summed E-state index contributed by atoms with van der Waals surface area (Å²) in [5.74, 6) is 2.30. The quantitative estimate of drug-likeness (QED) is 0.416. The van der Waals surface area contributed by atoms with Gasteiger partial charge in [0.05, 0.1) is 5.41 Å². The van der Waals surface area contributed by atoms with Gasteiger partial charge in [-0.3, -0.25) is 14.4 Å². The lowest BCUT2D eigenvalue weighted by Gasteiger charge is -2.20. The molecule has 29 heavy (non-hydrogen) atoms. The maximum Gasteiger partial charge on any atom is 0.309 e. The predicted molar refractivity (Wildman–Crippen MR) is 124 cm³/mol. The number of carbonyl (C=O) groups is 3. The highest BCUT2D eigenvalue weighted by Gasteiger charge is 2.27. The van der Waals surface area contributed by atoms with Gasteiger partial charge in [-0.2, -0.15) is 0 Å². The van der Waals surface area contributed by atoms with E-state index in [-0.39, 0.29) is 5.92 Å². The van der Waals surface area contributed by atoms with Crippen molar-refractivity contribution in [2.75, 3.05) is 0 Å². The minimum Gasteiger partial charge on any atom is -0.481 e. The zero-order chi connectivity index (χ0) is 23.9. The van der Waals surface area contributed by atoms with E-state index in [4.69, 9.17) is 5.11 Å². The highest BCUT2D eigenvalue weighted by molar-refractivity contribution is 5.80. The monoisotopic (exact) mass is 414 g/mol. The van der Waals surface area contributed by atoms with Crippen molar-refractivity contribution in [2.45, 2.75) is 109 Å². The Labute approximate surface area is 181 Å². The zero-order valence-corrected chi connectivity index (χ0v) is 21.4. The second kappa shape index (κ2) is 16.6. The Morgan fingerprint density at radius 3 is 1.14 bits per heavy atom.